The summed E-state index contributed by atoms with van der Waals surface area (Å²) < 4.78 is 41.8. The van der Waals surface area contributed by atoms with E-state index in [4.69, 9.17) is 14.2 Å². The minimum absolute atomic E-state index is 0.0210. The first kappa shape index (κ1) is 22.2. The first-order chi connectivity index (χ1) is 14.9. The average molecular weight is 441 g/mol. The quantitative estimate of drug-likeness (QED) is 0.517. The van der Waals surface area contributed by atoms with Crippen LogP contribution in [0.3, 0.4) is 0 Å². The molecule has 0 saturated carbocycles. The smallest absolute Gasteiger partial charge is 0.203 e. The highest BCUT2D eigenvalue weighted by Gasteiger charge is 2.17. The lowest BCUT2D eigenvalue weighted by molar-refractivity contribution is 0.324. The van der Waals surface area contributed by atoms with Crippen molar-refractivity contribution in [2.45, 2.75) is 10.6 Å². The third-order valence-corrected chi connectivity index (χ3v) is 6.42. The molecule has 0 heterocycles. The SMILES string of the molecule is COc1cc(/C=C\c2ccccc2CS(=O)(=O)c2ccc(O)cc2)cc(OC)c1OC. The molecule has 3 rings (SSSR count). The Hall–Kier alpha value is -3.45. The van der Waals surface area contributed by atoms with Crippen LogP contribution < -0.4 is 14.2 Å². The van der Waals surface area contributed by atoms with Crippen LogP contribution in [0, 0.1) is 0 Å². The Morgan fingerprint density at radius 3 is 2.03 bits per heavy atom. The number of benzene rings is 3. The fourth-order valence-corrected chi connectivity index (χ4v) is 4.54. The zero-order valence-corrected chi connectivity index (χ0v) is 18.3. The van der Waals surface area contributed by atoms with Crippen molar-refractivity contribution in [2.75, 3.05) is 21.3 Å². The van der Waals surface area contributed by atoms with E-state index in [-0.39, 0.29) is 16.4 Å². The van der Waals surface area contributed by atoms with E-state index < -0.39 is 9.84 Å². The van der Waals surface area contributed by atoms with Crippen LogP contribution in [0.5, 0.6) is 23.0 Å². The highest BCUT2D eigenvalue weighted by molar-refractivity contribution is 7.90. The molecule has 0 aliphatic heterocycles. The van der Waals surface area contributed by atoms with Gasteiger partial charge in [0.05, 0.1) is 32.0 Å². The normalized spacial score (nSPS) is 11.5. The van der Waals surface area contributed by atoms with Crippen molar-refractivity contribution in [3.8, 4) is 23.0 Å². The van der Waals surface area contributed by atoms with E-state index in [1.807, 2.05) is 36.4 Å². The van der Waals surface area contributed by atoms with Crippen molar-refractivity contribution in [1.82, 2.24) is 0 Å². The Morgan fingerprint density at radius 1 is 0.839 bits per heavy atom. The number of hydrogen-bond donors (Lipinski definition) is 1. The molecule has 0 unspecified atom stereocenters. The van der Waals surface area contributed by atoms with Crippen LogP contribution in [0.2, 0.25) is 0 Å². The van der Waals surface area contributed by atoms with Crippen LogP contribution in [0.4, 0.5) is 0 Å². The lowest BCUT2D eigenvalue weighted by Crippen LogP contribution is -2.06. The summed E-state index contributed by atoms with van der Waals surface area (Å²) in [6.45, 7) is 0. The average Bonchev–Trinajstić information content (AvgIpc) is 2.77. The molecule has 6 nitrogen and oxygen atoms in total. The monoisotopic (exact) mass is 440 g/mol. The van der Waals surface area contributed by atoms with Crippen LogP contribution in [-0.4, -0.2) is 34.9 Å². The highest BCUT2D eigenvalue weighted by Crippen LogP contribution is 2.38. The van der Waals surface area contributed by atoms with Crippen molar-refractivity contribution < 1.29 is 27.7 Å². The van der Waals surface area contributed by atoms with Crippen molar-refractivity contribution in [3.05, 3.63) is 77.4 Å². The fraction of sp³-hybridized carbons (Fsp3) is 0.167. The van der Waals surface area contributed by atoms with Gasteiger partial charge >= 0.3 is 0 Å². The van der Waals surface area contributed by atoms with Gasteiger partial charge in [-0.05, 0) is 53.1 Å². The van der Waals surface area contributed by atoms with Gasteiger partial charge in [-0.25, -0.2) is 8.42 Å². The molecule has 31 heavy (non-hydrogen) atoms. The molecule has 0 aliphatic rings. The predicted molar refractivity (Wildman–Crippen MR) is 120 cm³/mol. The number of sulfone groups is 1. The van der Waals surface area contributed by atoms with Gasteiger partial charge < -0.3 is 19.3 Å². The predicted octanol–water partition coefficient (Wildman–Crippen LogP) is 4.56. The van der Waals surface area contributed by atoms with Gasteiger partial charge in [0, 0.05) is 0 Å². The maximum absolute atomic E-state index is 12.8. The minimum Gasteiger partial charge on any atom is -0.508 e. The third-order valence-electron chi connectivity index (χ3n) is 4.74. The molecule has 0 fully saturated rings. The molecule has 1 N–H and O–H groups in total. The number of phenolic OH excluding ortho intramolecular Hbond substituents is 1. The van der Waals surface area contributed by atoms with Gasteiger partial charge in [-0.3, -0.25) is 0 Å². The molecule has 7 heteroatoms. The first-order valence-corrected chi connectivity index (χ1v) is 11.1. The number of ether oxygens (including phenoxy) is 3. The minimum atomic E-state index is -3.57. The molecular formula is C24H24O6S. The molecule has 0 aromatic heterocycles. The molecule has 0 radical (unpaired) electrons. The molecule has 0 atom stereocenters. The first-order valence-electron chi connectivity index (χ1n) is 9.45. The number of methoxy groups -OCH3 is 3. The second-order valence-electron chi connectivity index (χ2n) is 6.74. The van der Waals surface area contributed by atoms with E-state index in [0.29, 0.717) is 22.8 Å². The zero-order chi connectivity index (χ0) is 22.4. The molecule has 162 valence electrons. The number of phenols is 1. The summed E-state index contributed by atoms with van der Waals surface area (Å²) in [5.41, 5.74) is 2.25. The van der Waals surface area contributed by atoms with Crippen molar-refractivity contribution >= 4 is 22.0 Å². The van der Waals surface area contributed by atoms with Crippen LogP contribution in [0.15, 0.2) is 65.6 Å². The van der Waals surface area contributed by atoms with Crippen molar-refractivity contribution in [3.63, 3.8) is 0 Å². The van der Waals surface area contributed by atoms with Crippen molar-refractivity contribution in [2.24, 2.45) is 0 Å². The molecule has 0 saturated heterocycles. The van der Waals surface area contributed by atoms with Gasteiger partial charge in [-0.15, -0.1) is 0 Å². The van der Waals surface area contributed by atoms with E-state index >= 15 is 0 Å². The maximum Gasteiger partial charge on any atom is 0.203 e. The summed E-state index contributed by atoms with van der Waals surface area (Å²) in [6.07, 6.45) is 3.71. The summed E-state index contributed by atoms with van der Waals surface area (Å²) in [5, 5.41) is 9.41. The van der Waals surface area contributed by atoms with Crippen molar-refractivity contribution in [1.29, 1.82) is 0 Å². The van der Waals surface area contributed by atoms with E-state index in [1.165, 1.54) is 24.3 Å². The van der Waals surface area contributed by atoms with E-state index in [1.54, 1.807) is 33.5 Å². The van der Waals surface area contributed by atoms with Gasteiger partial charge in [0.25, 0.3) is 0 Å². The van der Waals surface area contributed by atoms with Crippen LogP contribution in [0.1, 0.15) is 16.7 Å². The largest absolute Gasteiger partial charge is 0.508 e. The van der Waals surface area contributed by atoms with Gasteiger partial charge in [0.2, 0.25) is 5.75 Å². The second kappa shape index (κ2) is 9.57. The fourth-order valence-electron chi connectivity index (χ4n) is 3.15. The van der Waals surface area contributed by atoms with Crippen LogP contribution in [-0.2, 0) is 15.6 Å². The Morgan fingerprint density at radius 2 is 1.45 bits per heavy atom. The molecule has 0 bridgehead atoms. The van der Waals surface area contributed by atoms with Crippen LogP contribution in [0.25, 0.3) is 12.2 Å². The summed E-state index contributed by atoms with van der Waals surface area (Å²) in [5.74, 6) is 1.43. The lowest BCUT2D eigenvalue weighted by Gasteiger charge is -2.13. The van der Waals surface area contributed by atoms with Gasteiger partial charge in [0.15, 0.2) is 21.3 Å². The summed E-state index contributed by atoms with van der Waals surface area (Å²) >= 11 is 0. The van der Waals surface area contributed by atoms with Gasteiger partial charge in [-0.1, -0.05) is 36.4 Å². The Balaban J connectivity index is 1.92. The molecule has 3 aromatic rings. The van der Waals surface area contributed by atoms with Crippen LogP contribution >= 0.6 is 0 Å². The third kappa shape index (κ3) is 5.19. The van der Waals surface area contributed by atoms with Gasteiger partial charge in [0.1, 0.15) is 5.75 Å². The molecule has 0 spiro atoms. The molecule has 0 amide bonds. The Bertz CT molecular complexity index is 1160. The van der Waals surface area contributed by atoms with Gasteiger partial charge in [-0.2, -0.15) is 0 Å². The molecular weight excluding hydrogens is 416 g/mol. The Labute approximate surface area is 182 Å². The summed E-state index contributed by atoms with van der Waals surface area (Å²) in [7, 11) is 1.07. The standard InChI is InChI=1S/C24H24O6S/c1-28-22-14-17(15-23(29-2)24(22)30-3)8-9-18-6-4-5-7-19(18)16-31(26,27)21-12-10-20(25)11-13-21/h4-15,25H,16H2,1-3H3/b9-8-. The highest BCUT2D eigenvalue weighted by atomic mass is 32.2. The number of hydrogen-bond acceptors (Lipinski definition) is 6. The molecule has 0 aliphatic carbocycles. The molecule has 3 aromatic carbocycles. The van der Waals surface area contributed by atoms with E-state index in [0.717, 1.165) is 11.1 Å². The lowest BCUT2D eigenvalue weighted by atomic mass is 10.1. The summed E-state index contributed by atoms with van der Waals surface area (Å²) in [4.78, 5) is 0.161. The second-order valence-corrected chi connectivity index (χ2v) is 8.73. The van der Waals surface area contributed by atoms with E-state index in [9.17, 15) is 13.5 Å². The van der Waals surface area contributed by atoms with E-state index in [2.05, 4.69) is 0 Å². The maximum atomic E-state index is 12.8. The summed E-state index contributed by atoms with van der Waals surface area (Å²) in [6, 6.07) is 16.5. The number of aromatic hydroxyl groups is 1. The zero-order valence-electron chi connectivity index (χ0n) is 17.5. The topological polar surface area (TPSA) is 82.1 Å². The number of rotatable bonds is 8. The Kier molecular flexibility index (Phi) is 6.87.